The lowest BCUT2D eigenvalue weighted by atomic mass is 10.1. The van der Waals surface area contributed by atoms with Crippen molar-refractivity contribution in [2.75, 3.05) is 13.3 Å². The molecule has 0 saturated carbocycles. The number of carbonyl (C=O) groups is 1. The highest BCUT2D eigenvalue weighted by molar-refractivity contribution is 5.91. The first-order valence-corrected chi connectivity index (χ1v) is 9.85. The molecule has 1 amide bonds. The van der Waals surface area contributed by atoms with Gasteiger partial charge in [-0.1, -0.05) is 12.1 Å². The molecule has 1 aliphatic rings. The monoisotopic (exact) mass is 420 g/mol. The van der Waals surface area contributed by atoms with Crippen LogP contribution in [0, 0.1) is 5.82 Å². The molecule has 0 fully saturated rings. The molecule has 0 aliphatic carbocycles. The Kier molecular flexibility index (Phi) is 6.12. The number of hydrogen-bond acceptors (Lipinski definition) is 5. The van der Waals surface area contributed by atoms with Crippen LogP contribution in [0.1, 0.15) is 18.1 Å². The number of nitrogens with zero attached hydrogens (tertiary/aromatic N) is 2. The van der Waals surface area contributed by atoms with Gasteiger partial charge in [-0.15, -0.1) is 0 Å². The van der Waals surface area contributed by atoms with E-state index in [2.05, 4.69) is 4.98 Å². The van der Waals surface area contributed by atoms with Crippen molar-refractivity contribution >= 4 is 12.0 Å². The number of halogens is 1. The second-order valence-corrected chi connectivity index (χ2v) is 6.85. The Hall–Kier alpha value is -3.87. The highest BCUT2D eigenvalue weighted by atomic mass is 19.1. The van der Waals surface area contributed by atoms with Crippen molar-refractivity contribution in [3.8, 4) is 23.0 Å². The largest absolute Gasteiger partial charge is 0.454 e. The van der Waals surface area contributed by atoms with Gasteiger partial charge in [0.05, 0.1) is 6.20 Å². The Morgan fingerprint density at radius 2 is 2.06 bits per heavy atom. The number of benzene rings is 2. The summed E-state index contributed by atoms with van der Waals surface area (Å²) >= 11 is 0. The molecule has 4 rings (SSSR count). The quantitative estimate of drug-likeness (QED) is 0.514. The third kappa shape index (κ3) is 5.01. The minimum atomic E-state index is -0.522. The molecule has 0 spiro atoms. The summed E-state index contributed by atoms with van der Waals surface area (Å²) in [5.74, 6) is 1.23. The molecule has 6 nitrogen and oxygen atoms in total. The van der Waals surface area contributed by atoms with E-state index in [1.807, 2.05) is 25.1 Å². The van der Waals surface area contributed by atoms with Crippen LogP contribution in [0.5, 0.6) is 23.0 Å². The highest BCUT2D eigenvalue weighted by Crippen LogP contribution is 2.32. The Morgan fingerprint density at radius 1 is 1.19 bits per heavy atom. The summed E-state index contributed by atoms with van der Waals surface area (Å²) in [7, 11) is 0. The van der Waals surface area contributed by atoms with Crippen LogP contribution < -0.4 is 14.2 Å². The minimum Gasteiger partial charge on any atom is -0.454 e. The Morgan fingerprint density at radius 3 is 2.84 bits per heavy atom. The van der Waals surface area contributed by atoms with Crippen molar-refractivity contribution in [3.63, 3.8) is 0 Å². The fourth-order valence-corrected chi connectivity index (χ4v) is 3.12. The molecular formula is C24H21FN2O4. The lowest BCUT2D eigenvalue weighted by Crippen LogP contribution is -2.28. The molecule has 3 aromatic rings. The molecule has 158 valence electrons. The maximum absolute atomic E-state index is 14.4. The first-order chi connectivity index (χ1) is 15.1. The standard InChI is InChI=1S/C24H21FN2O4/c1-2-27(15-18-6-9-22-23(13-18)30-16-29-22)24(28)10-7-17-5-8-21(20(25)12-17)31-19-4-3-11-26-14-19/h3-14H,2,15-16H2,1H3/b10-7+. The van der Waals surface area contributed by atoms with E-state index in [4.69, 9.17) is 14.2 Å². The average Bonchev–Trinajstić information content (AvgIpc) is 3.26. The van der Waals surface area contributed by atoms with E-state index in [-0.39, 0.29) is 18.4 Å². The van der Waals surface area contributed by atoms with Crippen LogP contribution >= 0.6 is 0 Å². The van der Waals surface area contributed by atoms with Crippen LogP contribution in [-0.4, -0.2) is 29.1 Å². The fourth-order valence-electron chi connectivity index (χ4n) is 3.12. The van der Waals surface area contributed by atoms with E-state index in [0.29, 0.717) is 35.9 Å². The molecule has 1 aliphatic heterocycles. The van der Waals surface area contributed by atoms with Crippen molar-refractivity contribution in [1.29, 1.82) is 0 Å². The number of likely N-dealkylation sites (N-methyl/N-ethyl adjacent to an activating group) is 1. The first kappa shape index (κ1) is 20.4. The van der Waals surface area contributed by atoms with Crippen LogP contribution in [0.15, 0.2) is 67.0 Å². The zero-order valence-corrected chi connectivity index (χ0v) is 17.0. The third-order valence-corrected chi connectivity index (χ3v) is 4.74. The van der Waals surface area contributed by atoms with Crippen molar-refractivity contribution in [1.82, 2.24) is 9.88 Å². The second-order valence-electron chi connectivity index (χ2n) is 6.85. The van der Waals surface area contributed by atoms with Gasteiger partial charge in [-0.05, 0) is 60.5 Å². The molecule has 2 heterocycles. The first-order valence-electron chi connectivity index (χ1n) is 9.85. The number of hydrogen-bond donors (Lipinski definition) is 0. The van der Waals surface area contributed by atoms with Gasteiger partial charge in [0, 0.05) is 25.4 Å². The Bertz CT molecular complexity index is 1100. The zero-order valence-electron chi connectivity index (χ0n) is 17.0. The van der Waals surface area contributed by atoms with Crippen LogP contribution in [0.3, 0.4) is 0 Å². The predicted octanol–water partition coefficient (Wildman–Crippen LogP) is 4.80. The second kappa shape index (κ2) is 9.30. The smallest absolute Gasteiger partial charge is 0.246 e. The normalized spacial score (nSPS) is 12.2. The van der Waals surface area contributed by atoms with E-state index < -0.39 is 5.82 Å². The summed E-state index contributed by atoms with van der Waals surface area (Å²) in [6.45, 7) is 3.08. The summed E-state index contributed by atoms with van der Waals surface area (Å²) in [6, 6.07) is 13.6. The third-order valence-electron chi connectivity index (χ3n) is 4.74. The van der Waals surface area contributed by atoms with Crippen LogP contribution in [0.25, 0.3) is 6.08 Å². The molecule has 0 unspecified atom stereocenters. The Labute approximate surface area is 179 Å². The van der Waals surface area contributed by atoms with Crippen LogP contribution in [0.2, 0.25) is 0 Å². The molecular weight excluding hydrogens is 399 g/mol. The summed E-state index contributed by atoms with van der Waals surface area (Å²) in [4.78, 5) is 18.3. The molecule has 0 radical (unpaired) electrons. The van der Waals surface area contributed by atoms with E-state index in [1.54, 1.807) is 35.4 Å². The highest BCUT2D eigenvalue weighted by Gasteiger charge is 2.15. The van der Waals surface area contributed by atoms with Gasteiger partial charge in [-0.2, -0.15) is 0 Å². The minimum absolute atomic E-state index is 0.0921. The van der Waals surface area contributed by atoms with Gasteiger partial charge < -0.3 is 19.1 Å². The molecule has 0 saturated heterocycles. The van der Waals surface area contributed by atoms with E-state index in [0.717, 1.165) is 5.56 Å². The maximum atomic E-state index is 14.4. The van der Waals surface area contributed by atoms with Crippen molar-refractivity contribution in [2.24, 2.45) is 0 Å². The van der Waals surface area contributed by atoms with Gasteiger partial charge in [-0.25, -0.2) is 4.39 Å². The number of ether oxygens (including phenoxy) is 3. The lowest BCUT2D eigenvalue weighted by Gasteiger charge is -2.19. The van der Waals surface area contributed by atoms with Crippen LogP contribution in [-0.2, 0) is 11.3 Å². The van der Waals surface area contributed by atoms with Gasteiger partial charge in [0.25, 0.3) is 0 Å². The van der Waals surface area contributed by atoms with Crippen molar-refractivity contribution < 1.29 is 23.4 Å². The number of pyridine rings is 1. The van der Waals surface area contributed by atoms with E-state index >= 15 is 0 Å². The summed E-state index contributed by atoms with van der Waals surface area (Å²) < 4.78 is 30.6. The Balaban J connectivity index is 1.40. The predicted molar refractivity (Wildman–Crippen MR) is 113 cm³/mol. The molecule has 0 bridgehead atoms. The molecule has 7 heteroatoms. The number of rotatable bonds is 7. The fraction of sp³-hybridized carbons (Fsp3) is 0.167. The molecule has 0 N–H and O–H groups in total. The molecule has 0 atom stereocenters. The summed E-state index contributed by atoms with van der Waals surface area (Å²) in [6.07, 6.45) is 6.14. The van der Waals surface area contributed by atoms with Gasteiger partial charge in [0.2, 0.25) is 12.7 Å². The number of amides is 1. The summed E-state index contributed by atoms with van der Waals surface area (Å²) in [5, 5.41) is 0. The topological polar surface area (TPSA) is 60.9 Å². The molecule has 31 heavy (non-hydrogen) atoms. The van der Waals surface area contributed by atoms with Gasteiger partial charge in [0.1, 0.15) is 5.75 Å². The van der Waals surface area contributed by atoms with Gasteiger partial charge in [-0.3, -0.25) is 9.78 Å². The number of carbonyl (C=O) groups excluding carboxylic acids is 1. The molecule has 1 aromatic heterocycles. The number of fused-ring (bicyclic) bond motifs is 1. The average molecular weight is 420 g/mol. The van der Waals surface area contributed by atoms with Crippen molar-refractivity contribution in [2.45, 2.75) is 13.5 Å². The SMILES string of the molecule is CCN(Cc1ccc2c(c1)OCO2)C(=O)/C=C/c1ccc(Oc2cccnc2)c(F)c1. The van der Waals surface area contributed by atoms with Gasteiger partial charge in [0.15, 0.2) is 23.1 Å². The van der Waals surface area contributed by atoms with Crippen LogP contribution in [0.4, 0.5) is 4.39 Å². The zero-order chi connectivity index (χ0) is 21.6. The van der Waals surface area contributed by atoms with E-state index in [1.165, 1.54) is 24.4 Å². The number of aromatic nitrogens is 1. The lowest BCUT2D eigenvalue weighted by molar-refractivity contribution is -0.126. The van der Waals surface area contributed by atoms with Crippen molar-refractivity contribution in [3.05, 3.63) is 83.9 Å². The summed E-state index contributed by atoms with van der Waals surface area (Å²) in [5.41, 5.74) is 1.50. The van der Waals surface area contributed by atoms with E-state index in [9.17, 15) is 9.18 Å². The maximum Gasteiger partial charge on any atom is 0.246 e. The molecule has 2 aromatic carbocycles. The van der Waals surface area contributed by atoms with Gasteiger partial charge >= 0.3 is 0 Å².